The zero-order chi connectivity index (χ0) is 20.5. The Morgan fingerprint density at radius 1 is 0.893 bits per heavy atom. The fraction of sp³-hybridized carbons (Fsp3) is 0.333. The molecular formula is C21H21BrF2N2O2. The van der Waals surface area contributed by atoms with Crippen LogP contribution in [0.1, 0.15) is 49.9 Å². The van der Waals surface area contributed by atoms with Crippen LogP contribution in [0.4, 0.5) is 8.78 Å². The molecule has 7 heteroatoms. The first-order chi connectivity index (χ1) is 13.2. The van der Waals surface area contributed by atoms with Gasteiger partial charge in [-0.25, -0.2) is 8.78 Å². The van der Waals surface area contributed by atoms with Gasteiger partial charge in [0, 0.05) is 4.47 Å². The topological polar surface area (TPSA) is 58.2 Å². The van der Waals surface area contributed by atoms with Crippen LogP contribution in [0.3, 0.4) is 0 Å². The van der Waals surface area contributed by atoms with Crippen molar-refractivity contribution in [3.63, 3.8) is 0 Å². The molecule has 0 spiro atoms. The van der Waals surface area contributed by atoms with Gasteiger partial charge in [0.1, 0.15) is 5.41 Å². The van der Waals surface area contributed by atoms with E-state index < -0.39 is 29.0 Å². The van der Waals surface area contributed by atoms with Crippen molar-refractivity contribution in [3.8, 4) is 0 Å². The van der Waals surface area contributed by atoms with Crippen molar-refractivity contribution in [1.29, 1.82) is 0 Å². The molecule has 2 aromatic rings. The quantitative estimate of drug-likeness (QED) is 0.633. The van der Waals surface area contributed by atoms with E-state index in [1.807, 2.05) is 31.2 Å². The van der Waals surface area contributed by atoms with E-state index in [0.717, 1.165) is 22.2 Å². The van der Waals surface area contributed by atoms with Crippen LogP contribution in [0.15, 0.2) is 46.9 Å². The molecule has 148 valence electrons. The minimum Gasteiger partial charge on any atom is -0.349 e. The van der Waals surface area contributed by atoms with Crippen LogP contribution in [0.5, 0.6) is 0 Å². The normalized spacial score (nSPS) is 16.8. The summed E-state index contributed by atoms with van der Waals surface area (Å²) in [5, 5.41) is 5.66. The zero-order valence-electron chi connectivity index (χ0n) is 15.6. The smallest absolute Gasteiger partial charge is 0.236 e. The molecule has 0 heterocycles. The van der Waals surface area contributed by atoms with Gasteiger partial charge in [0.15, 0.2) is 11.6 Å². The summed E-state index contributed by atoms with van der Waals surface area (Å²) in [6, 6.07) is 10.3. The van der Waals surface area contributed by atoms with Gasteiger partial charge >= 0.3 is 0 Å². The second-order valence-corrected chi connectivity index (χ2v) is 8.11. The highest BCUT2D eigenvalue weighted by Gasteiger charge is 2.56. The number of halogens is 3. The summed E-state index contributed by atoms with van der Waals surface area (Å²) in [6.45, 7) is 3.53. The van der Waals surface area contributed by atoms with Crippen LogP contribution in [0.2, 0.25) is 0 Å². The largest absolute Gasteiger partial charge is 0.349 e. The second kappa shape index (κ2) is 7.99. The Kier molecular flexibility index (Phi) is 5.84. The highest BCUT2D eigenvalue weighted by atomic mass is 79.9. The number of amides is 2. The molecule has 1 aliphatic carbocycles. The van der Waals surface area contributed by atoms with E-state index in [1.54, 1.807) is 6.92 Å². The molecule has 2 atom stereocenters. The lowest BCUT2D eigenvalue weighted by atomic mass is 10.0. The van der Waals surface area contributed by atoms with Gasteiger partial charge in [0.25, 0.3) is 0 Å². The zero-order valence-corrected chi connectivity index (χ0v) is 17.1. The number of hydrogen-bond acceptors (Lipinski definition) is 2. The number of carbonyl (C=O) groups excluding carboxylic acids is 2. The van der Waals surface area contributed by atoms with Gasteiger partial charge in [0.05, 0.1) is 12.1 Å². The number of rotatable bonds is 6. The molecule has 0 bridgehead atoms. The van der Waals surface area contributed by atoms with E-state index >= 15 is 0 Å². The molecule has 28 heavy (non-hydrogen) atoms. The average molecular weight is 451 g/mol. The molecule has 2 amide bonds. The fourth-order valence-corrected chi connectivity index (χ4v) is 3.32. The molecule has 4 nitrogen and oxygen atoms in total. The Morgan fingerprint density at radius 2 is 1.39 bits per heavy atom. The first-order valence-corrected chi connectivity index (χ1v) is 9.84. The molecule has 2 N–H and O–H groups in total. The van der Waals surface area contributed by atoms with Gasteiger partial charge in [-0.2, -0.15) is 0 Å². The molecular weight excluding hydrogens is 430 g/mol. The van der Waals surface area contributed by atoms with Gasteiger partial charge in [-0.15, -0.1) is 0 Å². The van der Waals surface area contributed by atoms with Crippen molar-refractivity contribution >= 4 is 27.7 Å². The Bertz CT molecular complexity index is 898. The number of hydrogen-bond donors (Lipinski definition) is 2. The van der Waals surface area contributed by atoms with Crippen molar-refractivity contribution in [2.24, 2.45) is 5.41 Å². The summed E-state index contributed by atoms with van der Waals surface area (Å²) in [4.78, 5) is 25.5. The molecule has 0 aliphatic heterocycles. The summed E-state index contributed by atoms with van der Waals surface area (Å²) in [5.74, 6) is -2.63. The number of nitrogens with one attached hydrogen (secondary N) is 2. The molecule has 3 rings (SSSR count). The van der Waals surface area contributed by atoms with Crippen molar-refractivity contribution in [1.82, 2.24) is 10.6 Å². The van der Waals surface area contributed by atoms with Crippen molar-refractivity contribution in [2.45, 2.75) is 38.8 Å². The van der Waals surface area contributed by atoms with Gasteiger partial charge in [0.2, 0.25) is 11.8 Å². The van der Waals surface area contributed by atoms with Gasteiger partial charge < -0.3 is 10.6 Å². The highest BCUT2D eigenvalue weighted by Crippen LogP contribution is 2.47. The third-order valence-corrected chi connectivity index (χ3v) is 5.66. The maximum Gasteiger partial charge on any atom is 0.236 e. The maximum absolute atomic E-state index is 13.4. The Hall–Kier alpha value is -2.28. The SMILES string of the molecule is C[C@H](NC(=O)C1(C(=O)N[C@H](C)c2ccc(Br)cc2)CC1)c1ccc(F)c(F)c1. The van der Waals surface area contributed by atoms with Crippen LogP contribution in [-0.4, -0.2) is 11.8 Å². The Labute approximate surface area is 170 Å². The summed E-state index contributed by atoms with van der Waals surface area (Å²) in [5.41, 5.74) is 0.269. The van der Waals surface area contributed by atoms with E-state index in [4.69, 9.17) is 0 Å². The lowest BCUT2D eigenvalue weighted by molar-refractivity contribution is -0.138. The van der Waals surface area contributed by atoms with E-state index in [2.05, 4.69) is 26.6 Å². The van der Waals surface area contributed by atoms with E-state index in [0.29, 0.717) is 18.4 Å². The molecule has 0 aromatic heterocycles. The molecule has 1 aliphatic rings. The summed E-state index contributed by atoms with van der Waals surface area (Å²) in [7, 11) is 0. The molecule has 1 fully saturated rings. The van der Waals surface area contributed by atoms with Crippen LogP contribution < -0.4 is 10.6 Å². The molecule has 0 saturated heterocycles. The summed E-state index contributed by atoms with van der Waals surface area (Å²) >= 11 is 3.37. The summed E-state index contributed by atoms with van der Waals surface area (Å²) in [6.07, 6.45) is 0.921. The van der Waals surface area contributed by atoms with Crippen molar-refractivity contribution in [2.75, 3.05) is 0 Å². The van der Waals surface area contributed by atoms with Gasteiger partial charge in [-0.3, -0.25) is 9.59 Å². The molecule has 2 aromatic carbocycles. The number of benzene rings is 2. The minimum atomic E-state index is -1.10. The Morgan fingerprint density at radius 3 is 1.89 bits per heavy atom. The second-order valence-electron chi connectivity index (χ2n) is 7.20. The standard InChI is InChI=1S/C21H21BrF2N2O2/c1-12(14-3-6-16(22)7-4-14)25-19(27)21(9-10-21)20(28)26-13(2)15-5-8-17(23)18(24)11-15/h3-8,11-13H,9-10H2,1-2H3,(H,25,27)(H,26,28)/t12-,13+/m1/s1. The van der Waals surface area contributed by atoms with Gasteiger partial charge in [-0.05, 0) is 62.1 Å². The van der Waals surface area contributed by atoms with Crippen molar-refractivity contribution in [3.05, 3.63) is 69.7 Å². The third-order valence-electron chi connectivity index (χ3n) is 5.13. The van der Waals surface area contributed by atoms with Crippen LogP contribution in [-0.2, 0) is 9.59 Å². The predicted molar refractivity (Wildman–Crippen MR) is 105 cm³/mol. The lowest BCUT2D eigenvalue weighted by Gasteiger charge is -2.22. The van der Waals surface area contributed by atoms with Crippen LogP contribution in [0, 0.1) is 17.0 Å². The molecule has 0 radical (unpaired) electrons. The maximum atomic E-state index is 13.4. The average Bonchev–Trinajstić information content (AvgIpc) is 3.46. The lowest BCUT2D eigenvalue weighted by Crippen LogP contribution is -2.44. The third kappa shape index (κ3) is 4.24. The minimum absolute atomic E-state index is 0.241. The molecule has 0 unspecified atom stereocenters. The first kappa shape index (κ1) is 20.5. The monoisotopic (exact) mass is 450 g/mol. The number of carbonyl (C=O) groups is 2. The van der Waals surface area contributed by atoms with E-state index in [-0.39, 0.29) is 11.9 Å². The van der Waals surface area contributed by atoms with Crippen molar-refractivity contribution < 1.29 is 18.4 Å². The van der Waals surface area contributed by atoms with Crippen LogP contribution in [0.25, 0.3) is 0 Å². The van der Waals surface area contributed by atoms with E-state index in [1.165, 1.54) is 6.07 Å². The van der Waals surface area contributed by atoms with Crippen LogP contribution >= 0.6 is 15.9 Å². The van der Waals surface area contributed by atoms with E-state index in [9.17, 15) is 18.4 Å². The summed E-state index contributed by atoms with van der Waals surface area (Å²) < 4.78 is 27.5. The predicted octanol–water partition coefficient (Wildman–Crippen LogP) is 4.56. The highest BCUT2D eigenvalue weighted by molar-refractivity contribution is 9.10. The first-order valence-electron chi connectivity index (χ1n) is 9.05. The molecule has 1 saturated carbocycles. The Balaban J connectivity index is 1.64. The van der Waals surface area contributed by atoms with Gasteiger partial charge in [-0.1, -0.05) is 34.1 Å². The fourth-order valence-electron chi connectivity index (χ4n) is 3.05.